The molecule has 7 heteroatoms. The van der Waals surface area contributed by atoms with Crippen molar-refractivity contribution in [2.75, 3.05) is 26.2 Å². The second-order valence-electron chi connectivity index (χ2n) is 7.48. The Morgan fingerprint density at radius 2 is 1.90 bits per heavy atom. The van der Waals surface area contributed by atoms with E-state index < -0.39 is 29.3 Å². The van der Waals surface area contributed by atoms with Gasteiger partial charge < -0.3 is 19.3 Å². The van der Waals surface area contributed by atoms with Crippen LogP contribution in [0, 0.1) is 5.82 Å². The number of likely N-dealkylation sites (tertiary alicyclic amines) is 1. The van der Waals surface area contributed by atoms with Crippen molar-refractivity contribution in [3.05, 3.63) is 77.2 Å². The number of hydrogen-bond acceptors (Lipinski definition) is 5. The number of aliphatic hydroxyl groups is 1. The van der Waals surface area contributed by atoms with Crippen LogP contribution in [0.1, 0.15) is 30.2 Å². The number of furan rings is 1. The van der Waals surface area contributed by atoms with E-state index in [0.29, 0.717) is 24.4 Å². The molecule has 1 unspecified atom stereocenters. The highest BCUT2D eigenvalue weighted by atomic mass is 19.1. The number of nitrogens with zero attached hydrogens (tertiary/aromatic N) is 2. The van der Waals surface area contributed by atoms with Gasteiger partial charge in [0.2, 0.25) is 0 Å². The van der Waals surface area contributed by atoms with Gasteiger partial charge in [0.15, 0.2) is 11.5 Å². The van der Waals surface area contributed by atoms with Gasteiger partial charge in [-0.15, -0.1) is 0 Å². The van der Waals surface area contributed by atoms with Crippen LogP contribution < -0.4 is 0 Å². The van der Waals surface area contributed by atoms with Crippen LogP contribution in [-0.4, -0.2) is 52.8 Å². The number of carbonyl (C=O) groups excluding carboxylic acids is 2. The van der Waals surface area contributed by atoms with Gasteiger partial charge in [0.1, 0.15) is 11.6 Å². The molecule has 1 aromatic carbocycles. The molecule has 1 aromatic heterocycles. The summed E-state index contributed by atoms with van der Waals surface area (Å²) in [4.78, 5) is 29.5. The minimum atomic E-state index is -0.769. The lowest BCUT2D eigenvalue weighted by Crippen LogP contribution is -2.37. The average molecular weight is 410 g/mol. The quantitative estimate of drug-likeness (QED) is 0.708. The maximum absolute atomic E-state index is 13.5. The maximum atomic E-state index is 13.5. The molecule has 1 saturated heterocycles. The van der Waals surface area contributed by atoms with E-state index in [0.717, 1.165) is 25.9 Å². The molecule has 2 aliphatic rings. The fourth-order valence-electron chi connectivity index (χ4n) is 4.02. The zero-order valence-corrected chi connectivity index (χ0v) is 16.5. The molecule has 0 bridgehead atoms. The van der Waals surface area contributed by atoms with Crippen LogP contribution in [0.3, 0.4) is 0 Å². The van der Waals surface area contributed by atoms with E-state index in [1.165, 1.54) is 47.6 Å². The van der Waals surface area contributed by atoms with Gasteiger partial charge in [-0.25, -0.2) is 4.39 Å². The lowest BCUT2D eigenvalue weighted by Gasteiger charge is -2.28. The first kappa shape index (κ1) is 20.1. The highest BCUT2D eigenvalue weighted by Gasteiger charge is 2.42. The molecule has 1 fully saturated rings. The molecule has 0 saturated carbocycles. The van der Waals surface area contributed by atoms with Crippen molar-refractivity contribution in [3.8, 4) is 0 Å². The van der Waals surface area contributed by atoms with Crippen molar-refractivity contribution in [2.45, 2.75) is 18.9 Å². The largest absolute Gasteiger partial charge is 0.503 e. The predicted octanol–water partition coefficient (Wildman–Crippen LogP) is 3.49. The van der Waals surface area contributed by atoms with Crippen molar-refractivity contribution in [1.29, 1.82) is 0 Å². The van der Waals surface area contributed by atoms with E-state index in [4.69, 9.17) is 4.42 Å². The number of hydrogen-bond donors (Lipinski definition) is 1. The van der Waals surface area contributed by atoms with Crippen LogP contribution in [0.5, 0.6) is 0 Å². The maximum Gasteiger partial charge on any atom is 0.290 e. The van der Waals surface area contributed by atoms with Crippen LogP contribution >= 0.6 is 0 Å². The summed E-state index contributed by atoms with van der Waals surface area (Å²) >= 11 is 0. The summed E-state index contributed by atoms with van der Waals surface area (Å²) in [6.45, 7) is 2.96. The topological polar surface area (TPSA) is 74.0 Å². The van der Waals surface area contributed by atoms with Gasteiger partial charge in [-0.2, -0.15) is 0 Å². The molecule has 0 aliphatic carbocycles. The minimum Gasteiger partial charge on any atom is -0.503 e. The number of allylic oxidation sites excluding steroid dienone is 1. The Balaban J connectivity index is 1.63. The first-order chi connectivity index (χ1) is 14.5. The molecule has 2 aromatic rings. The Morgan fingerprint density at radius 3 is 2.57 bits per heavy atom. The van der Waals surface area contributed by atoms with Gasteiger partial charge in [-0.1, -0.05) is 12.1 Å². The van der Waals surface area contributed by atoms with Crippen molar-refractivity contribution in [2.24, 2.45) is 0 Å². The van der Waals surface area contributed by atoms with E-state index >= 15 is 0 Å². The third-order valence-corrected chi connectivity index (χ3v) is 5.55. The van der Waals surface area contributed by atoms with Gasteiger partial charge in [0.05, 0.1) is 17.9 Å². The average Bonchev–Trinajstić information content (AvgIpc) is 3.49. The molecule has 1 atom stereocenters. The zero-order valence-electron chi connectivity index (χ0n) is 16.5. The zero-order chi connectivity index (χ0) is 21.1. The minimum absolute atomic E-state index is 0.00386. The van der Waals surface area contributed by atoms with Crippen molar-refractivity contribution in [1.82, 2.24) is 9.80 Å². The molecule has 2 aliphatic heterocycles. The monoisotopic (exact) mass is 410 g/mol. The number of carbonyl (C=O) groups is 2. The number of rotatable bonds is 7. The lowest BCUT2D eigenvalue weighted by molar-refractivity contribution is -0.129. The number of benzene rings is 1. The SMILES string of the molecule is O=C(/C=C/c1ccco1)C1=C(O)C(=O)N(CCN2CCCC2)C1c1ccc(F)cc1. The molecule has 0 radical (unpaired) electrons. The fourth-order valence-corrected chi connectivity index (χ4v) is 4.02. The Labute approximate surface area is 173 Å². The van der Waals surface area contributed by atoms with E-state index in [-0.39, 0.29) is 5.57 Å². The fraction of sp³-hybridized carbons (Fsp3) is 0.304. The number of amides is 1. The standard InChI is InChI=1S/C23H23FN2O4/c24-17-7-5-16(6-8-17)21-20(19(27)10-9-18-4-3-15-30-18)22(28)23(29)26(21)14-13-25-11-1-2-12-25/h3-10,15,21,28H,1-2,11-14H2/b10-9+. The van der Waals surface area contributed by atoms with Crippen LogP contribution in [-0.2, 0) is 9.59 Å². The molecule has 0 spiro atoms. The van der Waals surface area contributed by atoms with Gasteiger partial charge in [-0.3, -0.25) is 9.59 Å². The molecule has 1 N–H and O–H groups in total. The Morgan fingerprint density at radius 1 is 1.17 bits per heavy atom. The second-order valence-corrected chi connectivity index (χ2v) is 7.48. The van der Waals surface area contributed by atoms with Gasteiger partial charge in [0, 0.05) is 13.1 Å². The van der Waals surface area contributed by atoms with Crippen molar-refractivity contribution < 1.29 is 23.5 Å². The van der Waals surface area contributed by atoms with E-state index in [1.807, 2.05) is 0 Å². The first-order valence-electron chi connectivity index (χ1n) is 10.0. The Hall–Kier alpha value is -3.19. The number of ketones is 1. The molecular weight excluding hydrogens is 387 g/mol. The van der Waals surface area contributed by atoms with Gasteiger partial charge in [0.25, 0.3) is 5.91 Å². The summed E-state index contributed by atoms with van der Waals surface area (Å²) in [6.07, 6.45) is 6.50. The molecule has 3 heterocycles. The third-order valence-electron chi connectivity index (χ3n) is 5.55. The van der Waals surface area contributed by atoms with Crippen LogP contribution in [0.15, 0.2) is 64.5 Å². The molecule has 6 nitrogen and oxygen atoms in total. The highest BCUT2D eigenvalue weighted by molar-refractivity contribution is 6.14. The smallest absolute Gasteiger partial charge is 0.290 e. The van der Waals surface area contributed by atoms with E-state index in [9.17, 15) is 19.1 Å². The second kappa shape index (κ2) is 8.67. The lowest BCUT2D eigenvalue weighted by atomic mass is 9.95. The number of halogens is 1. The highest BCUT2D eigenvalue weighted by Crippen LogP contribution is 2.38. The van der Waals surface area contributed by atoms with Crippen LogP contribution in [0.2, 0.25) is 0 Å². The summed E-state index contributed by atoms with van der Waals surface area (Å²) in [5.41, 5.74) is 0.570. The third kappa shape index (κ3) is 4.07. The molecule has 156 valence electrons. The van der Waals surface area contributed by atoms with E-state index in [1.54, 1.807) is 12.1 Å². The first-order valence-corrected chi connectivity index (χ1v) is 10.0. The normalized spacial score (nSPS) is 20.1. The molecule has 1 amide bonds. The summed E-state index contributed by atoms with van der Waals surface area (Å²) in [6, 6.07) is 8.27. The summed E-state index contributed by atoms with van der Waals surface area (Å²) in [5.74, 6) is -1.56. The molecule has 4 rings (SSSR count). The van der Waals surface area contributed by atoms with Crippen molar-refractivity contribution in [3.63, 3.8) is 0 Å². The Kier molecular flexibility index (Phi) is 5.81. The summed E-state index contributed by atoms with van der Waals surface area (Å²) in [5, 5.41) is 10.6. The van der Waals surface area contributed by atoms with Gasteiger partial charge in [-0.05, 0) is 67.9 Å². The van der Waals surface area contributed by atoms with Crippen LogP contribution in [0.4, 0.5) is 4.39 Å². The summed E-state index contributed by atoms with van der Waals surface area (Å²) < 4.78 is 18.7. The Bertz CT molecular complexity index is 973. The van der Waals surface area contributed by atoms with Gasteiger partial charge >= 0.3 is 0 Å². The predicted molar refractivity (Wildman–Crippen MR) is 109 cm³/mol. The summed E-state index contributed by atoms with van der Waals surface area (Å²) in [7, 11) is 0. The molecule has 30 heavy (non-hydrogen) atoms. The molecular formula is C23H23FN2O4. The van der Waals surface area contributed by atoms with Crippen molar-refractivity contribution >= 4 is 17.8 Å². The van der Waals surface area contributed by atoms with E-state index in [2.05, 4.69) is 4.90 Å². The number of aliphatic hydroxyl groups excluding tert-OH is 1. The van der Waals surface area contributed by atoms with Crippen LogP contribution in [0.25, 0.3) is 6.08 Å².